The van der Waals surface area contributed by atoms with Crippen molar-refractivity contribution in [2.24, 2.45) is 5.92 Å². The lowest BCUT2D eigenvalue weighted by atomic mass is 9.81. The molecule has 3 rings (SSSR count). The molecule has 3 aliphatic rings. The lowest BCUT2D eigenvalue weighted by Crippen LogP contribution is -2.52. The molecule has 2 aliphatic heterocycles. The van der Waals surface area contributed by atoms with E-state index in [2.05, 4.69) is 0 Å². The van der Waals surface area contributed by atoms with E-state index in [4.69, 9.17) is 0 Å². The van der Waals surface area contributed by atoms with Crippen LogP contribution < -0.4 is 0 Å². The van der Waals surface area contributed by atoms with Gasteiger partial charge in [0.05, 0.1) is 5.92 Å². The normalized spacial score (nSPS) is 28.8. The molecule has 2 saturated heterocycles. The molecule has 0 bridgehead atoms. The van der Waals surface area contributed by atoms with Crippen LogP contribution in [-0.2, 0) is 14.4 Å². The van der Waals surface area contributed by atoms with Crippen LogP contribution in [0.25, 0.3) is 0 Å². The molecule has 0 aromatic rings. The Bertz CT molecular complexity index is 628. The summed E-state index contributed by atoms with van der Waals surface area (Å²) in [6.07, 6.45) is 5.27. The first kappa shape index (κ1) is 18.7. The Kier molecular flexibility index (Phi) is 4.94. The molecule has 2 unspecified atom stereocenters. The average molecular weight is 365 g/mol. The van der Waals surface area contributed by atoms with Gasteiger partial charge in [0.25, 0.3) is 5.91 Å². The van der Waals surface area contributed by atoms with E-state index in [1.165, 1.54) is 9.80 Å². The van der Waals surface area contributed by atoms with Crippen molar-refractivity contribution in [3.63, 3.8) is 0 Å². The number of carboxylic acids is 1. The lowest BCUT2D eigenvalue weighted by molar-refractivity contribution is -0.149. The average Bonchev–Trinajstić information content (AvgIpc) is 2.79. The molecular weight excluding hydrogens is 338 g/mol. The van der Waals surface area contributed by atoms with E-state index in [1.807, 2.05) is 6.92 Å². The molecule has 0 aromatic carbocycles. The summed E-state index contributed by atoms with van der Waals surface area (Å²) in [7, 11) is 1.64. The van der Waals surface area contributed by atoms with Gasteiger partial charge in [0.15, 0.2) is 0 Å². The number of rotatable bonds is 3. The van der Waals surface area contributed by atoms with Crippen molar-refractivity contribution in [2.75, 3.05) is 20.1 Å². The molecule has 2 heterocycles. The molecule has 4 amide bonds. The predicted molar refractivity (Wildman–Crippen MR) is 92.2 cm³/mol. The summed E-state index contributed by atoms with van der Waals surface area (Å²) >= 11 is 0. The maximum absolute atomic E-state index is 13.0. The largest absolute Gasteiger partial charge is 0.481 e. The number of likely N-dealkylation sites (tertiary alicyclic amines) is 1. The number of urea groups is 1. The highest BCUT2D eigenvalue weighted by molar-refractivity contribution is 6.09. The summed E-state index contributed by atoms with van der Waals surface area (Å²) in [4.78, 5) is 53.7. The third kappa shape index (κ3) is 2.95. The van der Waals surface area contributed by atoms with Crippen LogP contribution in [0.1, 0.15) is 51.9 Å². The monoisotopic (exact) mass is 365 g/mol. The Balaban J connectivity index is 1.73. The van der Waals surface area contributed by atoms with Crippen molar-refractivity contribution in [3.8, 4) is 0 Å². The second-order valence-corrected chi connectivity index (χ2v) is 7.83. The summed E-state index contributed by atoms with van der Waals surface area (Å²) in [5.41, 5.74) is -0.799. The van der Waals surface area contributed by atoms with Crippen LogP contribution in [-0.4, -0.2) is 75.3 Å². The molecule has 1 spiro atoms. The highest BCUT2D eigenvalue weighted by Gasteiger charge is 2.56. The summed E-state index contributed by atoms with van der Waals surface area (Å²) < 4.78 is 0. The minimum absolute atomic E-state index is 0.0905. The van der Waals surface area contributed by atoms with Gasteiger partial charge in [-0.15, -0.1) is 0 Å². The molecule has 8 heteroatoms. The summed E-state index contributed by atoms with van der Waals surface area (Å²) in [6.45, 7) is 1.70. The number of carbonyl (C=O) groups is 4. The number of piperidine rings is 1. The Hall–Kier alpha value is -2.12. The first-order valence-electron chi connectivity index (χ1n) is 9.40. The van der Waals surface area contributed by atoms with Gasteiger partial charge >= 0.3 is 12.0 Å². The number of imide groups is 1. The Morgan fingerprint density at radius 2 is 1.81 bits per heavy atom. The fraction of sp³-hybridized carbons (Fsp3) is 0.778. The molecule has 1 saturated carbocycles. The maximum Gasteiger partial charge on any atom is 0.327 e. The first-order chi connectivity index (χ1) is 12.3. The fourth-order valence-corrected chi connectivity index (χ4v) is 4.55. The number of carbonyl (C=O) groups excluding carboxylic acids is 3. The zero-order valence-corrected chi connectivity index (χ0v) is 15.4. The van der Waals surface area contributed by atoms with E-state index in [0.717, 1.165) is 24.2 Å². The van der Waals surface area contributed by atoms with Crippen molar-refractivity contribution in [3.05, 3.63) is 0 Å². The van der Waals surface area contributed by atoms with Crippen LogP contribution >= 0.6 is 0 Å². The van der Waals surface area contributed by atoms with Gasteiger partial charge in [-0.25, -0.2) is 4.79 Å². The second kappa shape index (κ2) is 6.89. The number of amides is 4. The number of hydrogen-bond donors (Lipinski definition) is 1. The number of carboxylic acid groups (broad SMARTS) is 1. The quantitative estimate of drug-likeness (QED) is 0.760. The zero-order valence-electron chi connectivity index (χ0n) is 15.4. The molecule has 0 radical (unpaired) electrons. The third-order valence-corrected chi connectivity index (χ3v) is 6.33. The van der Waals surface area contributed by atoms with Gasteiger partial charge in [-0.1, -0.05) is 19.3 Å². The SMILES string of the molecule is CC1CCC(C(=O)O)CN1C(=O)CN1C(=O)N(C)C2(CCCCC2)C1=O. The molecule has 144 valence electrons. The van der Waals surface area contributed by atoms with Gasteiger partial charge in [-0.05, 0) is 32.6 Å². The van der Waals surface area contributed by atoms with Crippen LogP contribution in [0, 0.1) is 5.92 Å². The van der Waals surface area contributed by atoms with Crippen molar-refractivity contribution < 1.29 is 24.3 Å². The van der Waals surface area contributed by atoms with Gasteiger partial charge in [0, 0.05) is 19.6 Å². The van der Waals surface area contributed by atoms with Crippen LogP contribution in [0.3, 0.4) is 0 Å². The molecule has 3 fully saturated rings. The molecule has 1 N–H and O–H groups in total. The van der Waals surface area contributed by atoms with E-state index in [0.29, 0.717) is 25.7 Å². The van der Waals surface area contributed by atoms with Crippen LogP contribution in [0.5, 0.6) is 0 Å². The topological polar surface area (TPSA) is 98.2 Å². The van der Waals surface area contributed by atoms with Gasteiger partial charge in [0.2, 0.25) is 5.91 Å². The molecule has 1 aliphatic carbocycles. The zero-order chi connectivity index (χ0) is 19.1. The van der Waals surface area contributed by atoms with Gasteiger partial charge in [-0.2, -0.15) is 0 Å². The predicted octanol–water partition coefficient (Wildman–Crippen LogP) is 1.29. The molecule has 26 heavy (non-hydrogen) atoms. The standard InChI is InChI=1S/C18H27N3O5/c1-12-6-7-13(15(23)24)10-20(12)14(22)11-21-16(25)18(19(2)17(21)26)8-4-3-5-9-18/h12-13H,3-11H2,1-2H3,(H,23,24). The van der Waals surface area contributed by atoms with Crippen molar-refractivity contribution in [1.82, 2.24) is 14.7 Å². The van der Waals surface area contributed by atoms with E-state index in [9.17, 15) is 24.3 Å². The Labute approximate surface area is 153 Å². The summed E-state index contributed by atoms with van der Waals surface area (Å²) in [6, 6.07) is -0.517. The number of aliphatic carboxylic acids is 1. The van der Waals surface area contributed by atoms with E-state index < -0.39 is 23.5 Å². The minimum Gasteiger partial charge on any atom is -0.481 e. The highest BCUT2D eigenvalue weighted by atomic mass is 16.4. The Morgan fingerprint density at radius 3 is 2.42 bits per heavy atom. The van der Waals surface area contributed by atoms with Gasteiger partial charge < -0.3 is 14.9 Å². The van der Waals surface area contributed by atoms with Crippen molar-refractivity contribution in [2.45, 2.75) is 63.5 Å². The fourth-order valence-electron chi connectivity index (χ4n) is 4.55. The van der Waals surface area contributed by atoms with Crippen LogP contribution in [0.2, 0.25) is 0 Å². The van der Waals surface area contributed by atoms with Gasteiger partial charge in [0.1, 0.15) is 12.1 Å². The molecular formula is C18H27N3O5. The molecule has 8 nitrogen and oxygen atoms in total. The number of hydrogen-bond acceptors (Lipinski definition) is 4. The summed E-state index contributed by atoms with van der Waals surface area (Å²) in [5, 5.41) is 9.23. The molecule has 2 atom stereocenters. The third-order valence-electron chi connectivity index (χ3n) is 6.33. The smallest absolute Gasteiger partial charge is 0.327 e. The highest BCUT2D eigenvalue weighted by Crippen LogP contribution is 2.39. The maximum atomic E-state index is 13.0. The lowest BCUT2D eigenvalue weighted by Gasteiger charge is -2.37. The first-order valence-corrected chi connectivity index (χ1v) is 9.40. The van der Waals surface area contributed by atoms with Crippen LogP contribution in [0.15, 0.2) is 0 Å². The Morgan fingerprint density at radius 1 is 1.15 bits per heavy atom. The number of likely N-dealkylation sites (N-methyl/N-ethyl adjacent to an activating group) is 1. The minimum atomic E-state index is -0.913. The second-order valence-electron chi connectivity index (χ2n) is 7.83. The van der Waals surface area contributed by atoms with Crippen molar-refractivity contribution in [1.29, 1.82) is 0 Å². The molecule has 0 aromatic heterocycles. The summed E-state index contributed by atoms with van der Waals surface area (Å²) in [5.74, 6) is -2.14. The van der Waals surface area contributed by atoms with Crippen molar-refractivity contribution >= 4 is 23.8 Å². The van der Waals surface area contributed by atoms with Crippen LogP contribution in [0.4, 0.5) is 4.79 Å². The van der Waals surface area contributed by atoms with E-state index >= 15 is 0 Å². The van der Waals surface area contributed by atoms with E-state index in [-0.39, 0.29) is 30.9 Å². The van der Waals surface area contributed by atoms with Gasteiger partial charge in [-0.3, -0.25) is 19.3 Å². The van der Waals surface area contributed by atoms with E-state index in [1.54, 1.807) is 7.05 Å². The number of nitrogens with zero attached hydrogens (tertiary/aromatic N) is 3.